The Balaban J connectivity index is 1.29. The van der Waals surface area contributed by atoms with Crippen LogP contribution in [-0.2, 0) is 16.0 Å². The summed E-state index contributed by atoms with van der Waals surface area (Å²) >= 11 is 1.61. The van der Waals surface area contributed by atoms with Crippen LogP contribution >= 0.6 is 11.3 Å². The van der Waals surface area contributed by atoms with Crippen LogP contribution < -0.4 is 15.6 Å². The number of aryl methyl sites for hydroxylation is 1. The van der Waals surface area contributed by atoms with Crippen molar-refractivity contribution in [2.24, 2.45) is 0 Å². The van der Waals surface area contributed by atoms with Gasteiger partial charge in [0.2, 0.25) is 0 Å². The van der Waals surface area contributed by atoms with Crippen LogP contribution in [0.1, 0.15) is 25.3 Å². The molecule has 10 heteroatoms. The van der Waals surface area contributed by atoms with Crippen LogP contribution in [0.3, 0.4) is 0 Å². The fraction of sp³-hybridized carbons (Fsp3) is 0.455. The van der Waals surface area contributed by atoms with Crippen molar-refractivity contribution in [3.8, 4) is 0 Å². The van der Waals surface area contributed by atoms with E-state index in [2.05, 4.69) is 20.6 Å². The van der Waals surface area contributed by atoms with Crippen molar-refractivity contribution >= 4 is 34.3 Å². The van der Waals surface area contributed by atoms with Crippen LogP contribution in [0.2, 0.25) is 0 Å². The van der Waals surface area contributed by atoms with Gasteiger partial charge < -0.3 is 10.2 Å². The lowest BCUT2D eigenvalue weighted by molar-refractivity contribution is -0.139. The molecule has 170 valence electrons. The molecule has 2 saturated heterocycles. The molecule has 0 saturated carbocycles. The molecule has 0 spiro atoms. The second-order valence-corrected chi connectivity index (χ2v) is 9.23. The normalized spacial score (nSPS) is 22.0. The maximum atomic E-state index is 12.9. The summed E-state index contributed by atoms with van der Waals surface area (Å²) in [5.41, 5.74) is 2.55. The largest absolute Gasteiger partial charge is 0.347 e. The summed E-state index contributed by atoms with van der Waals surface area (Å²) in [6.45, 7) is 4.97. The molecular formula is C22H28N6O3S. The number of hydrogen-bond donors (Lipinski definition) is 2. The lowest BCUT2D eigenvalue weighted by atomic mass is 9.93. The van der Waals surface area contributed by atoms with Crippen molar-refractivity contribution in [2.45, 2.75) is 31.7 Å². The second-order valence-electron chi connectivity index (χ2n) is 8.35. The first kappa shape index (κ1) is 22.2. The van der Waals surface area contributed by atoms with Gasteiger partial charge in [0.05, 0.1) is 6.54 Å². The van der Waals surface area contributed by atoms with Crippen LogP contribution in [0.15, 0.2) is 41.9 Å². The average Bonchev–Trinajstić information content (AvgIpc) is 3.31. The number of carbonyl (C=O) groups is 3. The third-order valence-electron chi connectivity index (χ3n) is 5.90. The highest BCUT2D eigenvalue weighted by atomic mass is 32.1. The molecule has 32 heavy (non-hydrogen) atoms. The fourth-order valence-electron chi connectivity index (χ4n) is 4.05. The topological polar surface area (TPSA) is 97.9 Å². The Kier molecular flexibility index (Phi) is 6.71. The van der Waals surface area contributed by atoms with Gasteiger partial charge in [0.25, 0.3) is 11.8 Å². The van der Waals surface area contributed by atoms with E-state index < -0.39 is 17.5 Å². The summed E-state index contributed by atoms with van der Waals surface area (Å²) in [6.07, 6.45) is 3.80. The standard InChI is InChI=1S/C22H28N6O3S/c1-22(9-8-17-6-3-2-4-7-17)19(30)28(20(31)24-22)25-18(29)16-26-11-5-12-27(14-13-26)21-23-10-15-32-21/h2-4,6-7,10,15H,5,8-9,11-14,16H2,1H3,(H,24,31)(H,25,29). The first-order valence-corrected chi connectivity index (χ1v) is 11.7. The molecule has 1 atom stereocenters. The molecular weight excluding hydrogens is 428 g/mol. The quantitative estimate of drug-likeness (QED) is 0.615. The van der Waals surface area contributed by atoms with Crippen LogP contribution in [0.5, 0.6) is 0 Å². The second kappa shape index (κ2) is 9.66. The van der Waals surface area contributed by atoms with Gasteiger partial charge in [0.15, 0.2) is 5.13 Å². The van der Waals surface area contributed by atoms with Crippen molar-refractivity contribution in [3.63, 3.8) is 0 Å². The van der Waals surface area contributed by atoms with E-state index in [9.17, 15) is 14.4 Å². The Morgan fingerprint density at radius 2 is 2.00 bits per heavy atom. The highest BCUT2D eigenvalue weighted by molar-refractivity contribution is 7.13. The van der Waals surface area contributed by atoms with Gasteiger partial charge in [-0.2, -0.15) is 5.01 Å². The molecule has 0 radical (unpaired) electrons. The summed E-state index contributed by atoms with van der Waals surface area (Å²) in [6, 6.07) is 9.20. The number of nitrogens with zero attached hydrogens (tertiary/aromatic N) is 4. The third-order valence-corrected chi connectivity index (χ3v) is 6.73. The van der Waals surface area contributed by atoms with Crippen molar-refractivity contribution in [1.82, 2.24) is 25.6 Å². The number of hydrogen-bond acceptors (Lipinski definition) is 7. The summed E-state index contributed by atoms with van der Waals surface area (Å²) < 4.78 is 0. The molecule has 2 aromatic rings. The van der Waals surface area contributed by atoms with Crippen LogP contribution in [0.4, 0.5) is 9.93 Å². The molecule has 4 amide bonds. The summed E-state index contributed by atoms with van der Waals surface area (Å²) in [5, 5.41) is 6.51. The molecule has 0 aliphatic carbocycles. The number of carbonyl (C=O) groups excluding carboxylic acids is 3. The van der Waals surface area contributed by atoms with E-state index >= 15 is 0 Å². The Bertz CT molecular complexity index is 954. The number of benzene rings is 1. The van der Waals surface area contributed by atoms with Gasteiger partial charge in [-0.3, -0.25) is 19.9 Å². The number of imide groups is 1. The lowest BCUT2D eigenvalue weighted by Gasteiger charge is -2.23. The summed E-state index contributed by atoms with van der Waals surface area (Å²) in [5.74, 6) is -0.805. The SMILES string of the molecule is CC1(CCc2ccccc2)NC(=O)N(NC(=O)CN2CCCN(c3nccs3)CC2)C1=O. The Hall–Kier alpha value is -2.98. The molecule has 1 aromatic carbocycles. The molecule has 1 unspecified atom stereocenters. The van der Waals surface area contributed by atoms with Crippen molar-refractivity contribution in [3.05, 3.63) is 47.5 Å². The zero-order valence-electron chi connectivity index (χ0n) is 18.1. The number of nitrogens with one attached hydrogen (secondary N) is 2. The fourth-order valence-corrected chi connectivity index (χ4v) is 4.75. The van der Waals surface area contributed by atoms with E-state index in [1.54, 1.807) is 24.5 Å². The minimum Gasteiger partial charge on any atom is -0.347 e. The van der Waals surface area contributed by atoms with Crippen LogP contribution in [-0.4, -0.2) is 71.0 Å². The average molecular weight is 457 g/mol. The molecule has 0 bridgehead atoms. The predicted octanol–water partition coefficient (Wildman–Crippen LogP) is 1.63. The minimum absolute atomic E-state index is 0.128. The van der Waals surface area contributed by atoms with Crippen molar-refractivity contribution in [1.29, 1.82) is 0 Å². The minimum atomic E-state index is -1.04. The van der Waals surface area contributed by atoms with E-state index in [0.717, 1.165) is 41.8 Å². The number of aromatic nitrogens is 1. The van der Waals surface area contributed by atoms with Crippen molar-refractivity contribution in [2.75, 3.05) is 37.6 Å². The van der Waals surface area contributed by atoms with Crippen LogP contribution in [0, 0.1) is 0 Å². The maximum absolute atomic E-state index is 12.9. The number of urea groups is 1. The van der Waals surface area contributed by atoms with E-state index in [4.69, 9.17) is 0 Å². The van der Waals surface area contributed by atoms with Gasteiger partial charge in [-0.05, 0) is 31.7 Å². The zero-order valence-corrected chi connectivity index (χ0v) is 18.9. The number of thiazole rings is 1. The van der Waals surface area contributed by atoms with Gasteiger partial charge in [-0.25, -0.2) is 9.78 Å². The number of hydrazine groups is 1. The van der Waals surface area contributed by atoms with E-state index in [1.807, 2.05) is 40.6 Å². The summed E-state index contributed by atoms with van der Waals surface area (Å²) in [4.78, 5) is 46.6. The number of anilines is 1. The monoisotopic (exact) mass is 456 g/mol. The highest BCUT2D eigenvalue weighted by Gasteiger charge is 2.48. The third kappa shape index (κ3) is 5.08. The van der Waals surface area contributed by atoms with Crippen molar-refractivity contribution < 1.29 is 14.4 Å². The molecule has 2 N–H and O–H groups in total. The molecule has 3 heterocycles. The lowest BCUT2D eigenvalue weighted by Crippen LogP contribution is -2.51. The Labute approximate surface area is 191 Å². The molecule has 9 nitrogen and oxygen atoms in total. The number of rotatable bonds is 7. The number of amides is 4. The van der Waals surface area contributed by atoms with Gasteiger partial charge in [-0.15, -0.1) is 11.3 Å². The summed E-state index contributed by atoms with van der Waals surface area (Å²) in [7, 11) is 0. The van der Waals surface area contributed by atoms with Gasteiger partial charge in [-0.1, -0.05) is 30.3 Å². The zero-order chi connectivity index (χ0) is 22.6. The van der Waals surface area contributed by atoms with E-state index in [0.29, 0.717) is 19.4 Å². The van der Waals surface area contributed by atoms with E-state index in [-0.39, 0.29) is 12.5 Å². The van der Waals surface area contributed by atoms with Gasteiger partial charge in [0, 0.05) is 37.8 Å². The molecule has 1 aromatic heterocycles. The van der Waals surface area contributed by atoms with Gasteiger partial charge >= 0.3 is 6.03 Å². The van der Waals surface area contributed by atoms with E-state index in [1.165, 1.54) is 0 Å². The molecule has 2 fully saturated rings. The molecule has 2 aliphatic heterocycles. The molecule has 4 rings (SSSR count). The van der Waals surface area contributed by atoms with Gasteiger partial charge in [0.1, 0.15) is 5.54 Å². The Morgan fingerprint density at radius 3 is 2.75 bits per heavy atom. The first-order valence-electron chi connectivity index (χ1n) is 10.8. The maximum Gasteiger partial charge on any atom is 0.344 e. The van der Waals surface area contributed by atoms with Crippen LogP contribution in [0.25, 0.3) is 0 Å². The highest BCUT2D eigenvalue weighted by Crippen LogP contribution is 2.22. The first-order chi connectivity index (χ1) is 15.4. The molecule has 2 aliphatic rings. The Morgan fingerprint density at radius 1 is 1.19 bits per heavy atom. The smallest absolute Gasteiger partial charge is 0.344 e. The predicted molar refractivity (Wildman–Crippen MR) is 122 cm³/mol.